The lowest BCUT2D eigenvalue weighted by Gasteiger charge is -2.22. The second kappa shape index (κ2) is 7.20. The van der Waals surface area contributed by atoms with E-state index < -0.39 is 11.2 Å². The van der Waals surface area contributed by atoms with Crippen molar-refractivity contribution in [2.45, 2.75) is 44.8 Å². The topological polar surface area (TPSA) is 108 Å². The van der Waals surface area contributed by atoms with Crippen LogP contribution in [0.2, 0.25) is 0 Å². The second-order valence-electron chi connectivity index (χ2n) is 5.16. The number of aromatic nitrogens is 2. The summed E-state index contributed by atoms with van der Waals surface area (Å²) in [6.07, 6.45) is 5.00. The predicted molar refractivity (Wildman–Crippen MR) is 74.9 cm³/mol. The molecule has 114 valence electrons. The van der Waals surface area contributed by atoms with Crippen LogP contribution in [0.5, 0.6) is 0 Å². The standard InChI is InChI=1S/C14H19N3O4/c15-8-11-12(10-4-2-1-3-5-10)16-14(20)17(13(11)19)9-21-7-6-18/h10,18H,1-7,9H2,(H,16,20). The molecule has 0 saturated heterocycles. The molecule has 0 unspecified atom stereocenters. The van der Waals surface area contributed by atoms with E-state index in [2.05, 4.69) is 4.98 Å². The molecule has 0 bridgehead atoms. The zero-order chi connectivity index (χ0) is 15.2. The van der Waals surface area contributed by atoms with Crippen molar-refractivity contribution in [1.82, 2.24) is 9.55 Å². The zero-order valence-electron chi connectivity index (χ0n) is 11.8. The molecule has 7 nitrogen and oxygen atoms in total. The number of rotatable bonds is 5. The Morgan fingerprint density at radius 2 is 2.05 bits per heavy atom. The molecule has 2 rings (SSSR count). The number of aromatic amines is 1. The van der Waals surface area contributed by atoms with Crippen molar-refractivity contribution in [3.05, 3.63) is 32.1 Å². The number of aliphatic hydroxyl groups is 1. The van der Waals surface area contributed by atoms with E-state index in [0.717, 1.165) is 36.7 Å². The number of H-pyrrole nitrogens is 1. The van der Waals surface area contributed by atoms with E-state index >= 15 is 0 Å². The molecule has 21 heavy (non-hydrogen) atoms. The highest BCUT2D eigenvalue weighted by Crippen LogP contribution is 2.31. The van der Waals surface area contributed by atoms with Gasteiger partial charge >= 0.3 is 5.69 Å². The van der Waals surface area contributed by atoms with Crippen LogP contribution >= 0.6 is 0 Å². The Balaban J connectivity index is 2.38. The van der Waals surface area contributed by atoms with Crippen LogP contribution in [0.3, 0.4) is 0 Å². The van der Waals surface area contributed by atoms with Crippen molar-refractivity contribution in [3.63, 3.8) is 0 Å². The summed E-state index contributed by atoms with van der Waals surface area (Å²) in [7, 11) is 0. The summed E-state index contributed by atoms with van der Waals surface area (Å²) >= 11 is 0. The Hall–Kier alpha value is -1.91. The first-order valence-corrected chi connectivity index (χ1v) is 7.14. The van der Waals surface area contributed by atoms with Gasteiger partial charge in [-0.15, -0.1) is 0 Å². The number of ether oxygens (including phenoxy) is 1. The summed E-state index contributed by atoms with van der Waals surface area (Å²) in [5.74, 6) is 0.0711. The average Bonchev–Trinajstić information content (AvgIpc) is 2.51. The maximum atomic E-state index is 12.3. The highest BCUT2D eigenvalue weighted by Gasteiger charge is 2.23. The van der Waals surface area contributed by atoms with Crippen LogP contribution < -0.4 is 11.2 Å². The first-order chi connectivity index (χ1) is 10.2. The fraction of sp³-hybridized carbons (Fsp3) is 0.643. The second-order valence-corrected chi connectivity index (χ2v) is 5.16. The third-order valence-electron chi connectivity index (χ3n) is 3.80. The molecule has 0 aliphatic heterocycles. The first-order valence-electron chi connectivity index (χ1n) is 7.14. The molecule has 0 radical (unpaired) electrons. The lowest BCUT2D eigenvalue weighted by molar-refractivity contribution is 0.0439. The van der Waals surface area contributed by atoms with E-state index in [1.807, 2.05) is 6.07 Å². The maximum absolute atomic E-state index is 12.3. The third-order valence-corrected chi connectivity index (χ3v) is 3.80. The van der Waals surface area contributed by atoms with Gasteiger partial charge < -0.3 is 14.8 Å². The van der Waals surface area contributed by atoms with Crippen LogP contribution in [0.1, 0.15) is 49.3 Å². The lowest BCUT2D eigenvalue weighted by Crippen LogP contribution is -2.39. The predicted octanol–water partition coefficient (Wildman–Crippen LogP) is 0.422. The fourth-order valence-electron chi connectivity index (χ4n) is 2.73. The molecule has 1 aromatic rings. The molecule has 1 heterocycles. The Morgan fingerprint density at radius 1 is 1.33 bits per heavy atom. The van der Waals surface area contributed by atoms with Gasteiger partial charge in [0.05, 0.1) is 13.2 Å². The van der Waals surface area contributed by atoms with Gasteiger partial charge in [-0.25, -0.2) is 9.36 Å². The molecule has 1 aliphatic rings. The van der Waals surface area contributed by atoms with E-state index in [4.69, 9.17) is 9.84 Å². The van der Waals surface area contributed by atoms with E-state index in [-0.39, 0.29) is 31.4 Å². The highest BCUT2D eigenvalue weighted by atomic mass is 16.5. The van der Waals surface area contributed by atoms with Crippen molar-refractivity contribution in [2.75, 3.05) is 13.2 Å². The Labute approximate surface area is 121 Å². The summed E-state index contributed by atoms with van der Waals surface area (Å²) in [6, 6.07) is 1.91. The van der Waals surface area contributed by atoms with Crippen molar-refractivity contribution in [1.29, 1.82) is 5.26 Å². The first kappa shape index (κ1) is 15.5. The number of nitrogens with zero attached hydrogens (tertiary/aromatic N) is 2. The van der Waals surface area contributed by atoms with Gasteiger partial charge in [-0.3, -0.25) is 4.79 Å². The van der Waals surface area contributed by atoms with Crippen LogP contribution in [0, 0.1) is 11.3 Å². The Bertz CT molecular complexity index is 635. The molecule has 7 heteroatoms. The van der Waals surface area contributed by atoms with Crippen molar-refractivity contribution in [2.24, 2.45) is 0 Å². The highest BCUT2D eigenvalue weighted by molar-refractivity contribution is 5.33. The molecule has 0 atom stereocenters. The van der Waals surface area contributed by atoms with Gasteiger partial charge in [0.15, 0.2) is 0 Å². The van der Waals surface area contributed by atoms with E-state index in [9.17, 15) is 14.9 Å². The van der Waals surface area contributed by atoms with Crippen LogP contribution in [0.15, 0.2) is 9.59 Å². The number of nitrogens with one attached hydrogen (secondary N) is 1. The van der Waals surface area contributed by atoms with Gasteiger partial charge in [-0.05, 0) is 12.8 Å². The quantitative estimate of drug-likeness (QED) is 0.765. The molecule has 1 fully saturated rings. The number of hydrogen-bond donors (Lipinski definition) is 2. The molecule has 0 amide bonds. The number of hydrogen-bond acceptors (Lipinski definition) is 5. The minimum absolute atomic E-state index is 0.00546. The summed E-state index contributed by atoms with van der Waals surface area (Å²) in [5.41, 5.74) is -0.739. The van der Waals surface area contributed by atoms with Gasteiger partial charge in [0.2, 0.25) is 0 Å². The summed E-state index contributed by atoms with van der Waals surface area (Å²) < 4.78 is 5.85. The fourth-order valence-corrected chi connectivity index (χ4v) is 2.73. The minimum atomic E-state index is -0.625. The molecular weight excluding hydrogens is 274 g/mol. The summed E-state index contributed by atoms with van der Waals surface area (Å²) in [5, 5.41) is 17.9. The zero-order valence-corrected chi connectivity index (χ0v) is 11.8. The molecule has 2 N–H and O–H groups in total. The molecule has 1 aromatic heterocycles. The molecule has 1 saturated carbocycles. The molecule has 0 spiro atoms. The van der Waals surface area contributed by atoms with Gasteiger partial charge in [-0.1, -0.05) is 19.3 Å². The molecular formula is C14H19N3O4. The lowest BCUT2D eigenvalue weighted by atomic mass is 9.85. The maximum Gasteiger partial charge on any atom is 0.330 e. The normalized spacial score (nSPS) is 15.8. The molecule has 1 aliphatic carbocycles. The van der Waals surface area contributed by atoms with Crippen molar-refractivity contribution < 1.29 is 9.84 Å². The number of aliphatic hydroxyl groups excluding tert-OH is 1. The van der Waals surface area contributed by atoms with Crippen LogP contribution in [0.4, 0.5) is 0 Å². The average molecular weight is 293 g/mol. The largest absolute Gasteiger partial charge is 0.394 e. The van der Waals surface area contributed by atoms with Gasteiger partial charge in [-0.2, -0.15) is 5.26 Å². The monoisotopic (exact) mass is 293 g/mol. The van der Waals surface area contributed by atoms with Crippen LogP contribution in [0.25, 0.3) is 0 Å². The SMILES string of the molecule is N#Cc1c(C2CCCCC2)[nH]c(=O)n(COCCO)c1=O. The summed E-state index contributed by atoms with van der Waals surface area (Å²) in [4.78, 5) is 27.0. The van der Waals surface area contributed by atoms with E-state index in [1.165, 1.54) is 0 Å². The van der Waals surface area contributed by atoms with E-state index in [0.29, 0.717) is 5.69 Å². The van der Waals surface area contributed by atoms with Gasteiger partial charge in [0, 0.05) is 11.6 Å². The van der Waals surface area contributed by atoms with Crippen molar-refractivity contribution >= 4 is 0 Å². The number of nitriles is 1. The van der Waals surface area contributed by atoms with Crippen LogP contribution in [-0.2, 0) is 11.5 Å². The van der Waals surface area contributed by atoms with Crippen LogP contribution in [-0.4, -0.2) is 27.9 Å². The smallest absolute Gasteiger partial charge is 0.330 e. The minimum Gasteiger partial charge on any atom is -0.394 e. The van der Waals surface area contributed by atoms with Gasteiger partial charge in [0.25, 0.3) is 5.56 Å². The van der Waals surface area contributed by atoms with E-state index in [1.54, 1.807) is 0 Å². The third kappa shape index (κ3) is 3.40. The molecule has 0 aromatic carbocycles. The van der Waals surface area contributed by atoms with Gasteiger partial charge in [0.1, 0.15) is 18.4 Å². The Kier molecular flexibility index (Phi) is 5.31. The van der Waals surface area contributed by atoms with Crippen molar-refractivity contribution in [3.8, 4) is 6.07 Å². The Morgan fingerprint density at radius 3 is 2.67 bits per heavy atom. The summed E-state index contributed by atoms with van der Waals surface area (Å²) in [6.45, 7) is -0.440.